The molecule has 3 aromatic carbocycles. The number of nitrogens with zero attached hydrogens (tertiary/aromatic N) is 1. The molecule has 0 aliphatic carbocycles. The van der Waals surface area contributed by atoms with Gasteiger partial charge in [-0.25, -0.2) is 0 Å². The first-order chi connectivity index (χ1) is 18.8. The van der Waals surface area contributed by atoms with E-state index in [1.165, 1.54) is 100 Å². The molecule has 0 atom stereocenters. The first kappa shape index (κ1) is 29.9. The molecule has 1 nitrogen and oxygen atoms in total. The Labute approximate surface area is 234 Å². The molecule has 0 saturated heterocycles. The van der Waals surface area contributed by atoms with Gasteiger partial charge in [-0.15, -0.1) is 0 Å². The molecule has 0 spiro atoms. The van der Waals surface area contributed by atoms with Crippen molar-refractivity contribution in [1.29, 1.82) is 0 Å². The summed E-state index contributed by atoms with van der Waals surface area (Å²) in [6, 6.07) is 33.1. The number of quaternary nitrogens is 1. The van der Waals surface area contributed by atoms with Gasteiger partial charge in [0, 0.05) is 16.7 Å². The van der Waals surface area contributed by atoms with Crippen LogP contribution in [0, 0.1) is 0 Å². The van der Waals surface area contributed by atoms with E-state index < -0.39 is 0 Å². The van der Waals surface area contributed by atoms with Gasteiger partial charge in [-0.1, -0.05) is 169 Å². The zero-order valence-corrected chi connectivity index (χ0v) is 24.1. The largest absolute Gasteiger partial charge is 0.286 e. The molecule has 38 heavy (non-hydrogen) atoms. The van der Waals surface area contributed by atoms with Crippen LogP contribution in [-0.4, -0.2) is 4.48 Å². The Hall–Kier alpha value is -2.64. The van der Waals surface area contributed by atoms with E-state index in [-0.39, 0.29) is 0 Å². The van der Waals surface area contributed by atoms with Crippen LogP contribution in [0.4, 0.5) is 0 Å². The lowest BCUT2D eigenvalue weighted by molar-refractivity contribution is -0.919. The summed E-state index contributed by atoms with van der Waals surface area (Å²) in [6.07, 6.45) is 23.0. The third-order valence-electron chi connectivity index (χ3n) is 7.67. The molecular weight excluding hydrogens is 458 g/mol. The summed E-state index contributed by atoms with van der Waals surface area (Å²) in [5, 5.41) is 0. The maximum Gasteiger partial charge on any atom is 0.109 e. The summed E-state index contributed by atoms with van der Waals surface area (Å²) >= 11 is 0. The smallest absolute Gasteiger partial charge is 0.109 e. The van der Waals surface area contributed by atoms with E-state index in [9.17, 15) is 0 Å². The van der Waals surface area contributed by atoms with Crippen LogP contribution < -0.4 is 0 Å². The van der Waals surface area contributed by atoms with E-state index in [4.69, 9.17) is 0 Å². The van der Waals surface area contributed by atoms with Gasteiger partial charge in [0.15, 0.2) is 0 Å². The molecular formula is C37H52N+. The molecule has 0 unspecified atom stereocenters. The fourth-order valence-electron chi connectivity index (χ4n) is 5.57. The van der Waals surface area contributed by atoms with Crippen LogP contribution in [0.5, 0.6) is 0 Å². The first-order valence-electron chi connectivity index (χ1n) is 15.4. The van der Waals surface area contributed by atoms with Crippen LogP contribution in [0.2, 0.25) is 0 Å². The van der Waals surface area contributed by atoms with E-state index in [0.29, 0.717) is 0 Å². The van der Waals surface area contributed by atoms with E-state index in [2.05, 4.69) is 110 Å². The number of unbranched alkanes of at least 4 members (excludes halogenated alkanes) is 12. The summed E-state index contributed by atoms with van der Waals surface area (Å²) < 4.78 is 0.913. The molecule has 0 aliphatic heterocycles. The summed E-state index contributed by atoms with van der Waals surface area (Å²) in [5.74, 6) is 0. The summed E-state index contributed by atoms with van der Waals surface area (Å²) in [4.78, 5) is 0. The average Bonchev–Trinajstić information content (AvgIpc) is 2.95. The predicted molar refractivity (Wildman–Crippen MR) is 166 cm³/mol. The molecule has 0 aliphatic rings. The highest BCUT2D eigenvalue weighted by atomic mass is 15.3. The van der Waals surface area contributed by atoms with Gasteiger partial charge in [-0.3, -0.25) is 4.48 Å². The van der Waals surface area contributed by atoms with Crippen LogP contribution in [0.25, 0.3) is 0 Å². The van der Waals surface area contributed by atoms with E-state index in [1.54, 1.807) is 0 Å². The normalized spacial score (nSPS) is 11.8. The summed E-state index contributed by atoms with van der Waals surface area (Å²) in [7, 11) is 0. The lowest BCUT2D eigenvalue weighted by Gasteiger charge is -2.36. The Morgan fingerprint density at radius 1 is 0.447 bits per heavy atom. The van der Waals surface area contributed by atoms with Crippen LogP contribution in [0.15, 0.2) is 103 Å². The van der Waals surface area contributed by atoms with Crippen LogP contribution in [0.1, 0.15) is 107 Å². The van der Waals surface area contributed by atoms with Gasteiger partial charge in [0.2, 0.25) is 0 Å². The third-order valence-corrected chi connectivity index (χ3v) is 7.67. The molecule has 0 bridgehead atoms. The van der Waals surface area contributed by atoms with Crippen molar-refractivity contribution in [3.63, 3.8) is 0 Å². The zero-order chi connectivity index (χ0) is 26.6. The highest BCUT2D eigenvalue weighted by Crippen LogP contribution is 2.26. The predicted octanol–water partition coefficient (Wildman–Crippen LogP) is 11.0. The fourth-order valence-corrected chi connectivity index (χ4v) is 5.57. The minimum absolute atomic E-state index is 0.913. The van der Waals surface area contributed by atoms with E-state index in [1.807, 2.05) is 0 Å². The van der Waals surface area contributed by atoms with Crippen molar-refractivity contribution in [2.45, 2.75) is 110 Å². The van der Waals surface area contributed by atoms with Crippen molar-refractivity contribution < 1.29 is 4.48 Å². The minimum atomic E-state index is 0.913. The third kappa shape index (κ3) is 12.3. The van der Waals surface area contributed by atoms with Crippen molar-refractivity contribution in [2.75, 3.05) is 0 Å². The second-order valence-corrected chi connectivity index (χ2v) is 11.2. The summed E-state index contributed by atoms with van der Waals surface area (Å²) in [6.45, 7) is 5.30. The van der Waals surface area contributed by atoms with Crippen LogP contribution in [-0.2, 0) is 19.6 Å². The highest BCUT2D eigenvalue weighted by molar-refractivity contribution is 5.18. The fraction of sp³-hybridized carbons (Fsp3) is 0.459. The van der Waals surface area contributed by atoms with Gasteiger partial charge in [0.25, 0.3) is 0 Å². The number of benzene rings is 3. The van der Waals surface area contributed by atoms with Crippen molar-refractivity contribution in [3.05, 3.63) is 120 Å². The molecule has 0 N–H and O–H groups in total. The lowest BCUT2D eigenvalue weighted by atomic mass is 10.0. The zero-order valence-electron chi connectivity index (χ0n) is 24.1. The number of hydrogen-bond donors (Lipinski definition) is 0. The van der Waals surface area contributed by atoms with Gasteiger partial charge >= 0.3 is 0 Å². The monoisotopic (exact) mass is 510 g/mol. The van der Waals surface area contributed by atoms with Crippen LogP contribution >= 0.6 is 0 Å². The van der Waals surface area contributed by atoms with Crippen molar-refractivity contribution in [2.24, 2.45) is 0 Å². The SMILES string of the molecule is CCCCCCCCCCCCCC/C=C/[N+](Cc1ccccc1)(Cc1ccccc1)Cc1ccccc1. The molecule has 3 aromatic rings. The Bertz CT molecular complexity index is 876. The van der Waals surface area contributed by atoms with Gasteiger partial charge in [-0.2, -0.15) is 0 Å². The molecule has 0 radical (unpaired) electrons. The molecule has 1 heteroatoms. The standard InChI is InChI=1S/C37H52N/c1-2-3-4-5-6-7-8-9-10-11-12-13-14-24-31-38(32-35-25-18-15-19-26-35,33-36-27-20-16-21-28-36)34-37-29-22-17-23-30-37/h15-31H,2-14,32-34H2,1H3/q+1/b31-24+. The summed E-state index contributed by atoms with van der Waals surface area (Å²) in [5.41, 5.74) is 4.19. The number of allylic oxidation sites excluding steroid dienone is 1. The Morgan fingerprint density at radius 3 is 1.16 bits per heavy atom. The second-order valence-electron chi connectivity index (χ2n) is 11.2. The minimum Gasteiger partial charge on any atom is -0.286 e. The maximum atomic E-state index is 2.52. The molecule has 0 saturated carbocycles. The Morgan fingerprint density at radius 2 is 0.789 bits per heavy atom. The van der Waals surface area contributed by atoms with Gasteiger partial charge in [0.05, 0.1) is 6.20 Å². The quantitative estimate of drug-likeness (QED) is 0.105. The molecule has 0 fully saturated rings. The van der Waals surface area contributed by atoms with E-state index >= 15 is 0 Å². The average molecular weight is 511 g/mol. The molecule has 0 amide bonds. The van der Waals surface area contributed by atoms with Crippen molar-refractivity contribution in [3.8, 4) is 0 Å². The highest BCUT2D eigenvalue weighted by Gasteiger charge is 2.26. The Kier molecular flexibility index (Phi) is 14.6. The number of rotatable bonds is 20. The Balaban J connectivity index is 1.54. The van der Waals surface area contributed by atoms with Crippen molar-refractivity contribution in [1.82, 2.24) is 0 Å². The van der Waals surface area contributed by atoms with Gasteiger partial charge in [-0.05, 0) is 18.9 Å². The van der Waals surface area contributed by atoms with Gasteiger partial charge in [0.1, 0.15) is 19.6 Å². The van der Waals surface area contributed by atoms with Gasteiger partial charge < -0.3 is 0 Å². The molecule has 204 valence electrons. The topological polar surface area (TPSA) is 0 Å². The van der Waals surface area contributed by atoms with Crippen LogP contribution in [0.3, 0.4) is 0 Å². The maximum absolute atomic E-state index is 2.52. The number of hydrogen-bond acceptors (Lipinski definition) is 0. The first-order valence-corrected chi connectivity index (χ1v) is 15.4. The van der Waals surface area contributed by atoms with Crippen molar-refractivity contribution >= 4 is 0 Å². The second kappa shape index (κ2) is 18.6. The van der Waals surface area contributed by atoms with E-state index in [0.717, 1.165) is 24.1 Å². The molecule has 0 aromatic heterocycles. The molecule has 0 heterocycles. The molecule has 3 rings (SSSR count). The lowest BCUT2D eigenvalue weighted by Crippen LogP contribution is -2.40.